The lowest BCUT2D eigenvalue weighted by atomic mass is 10.0. The molecule has 0 radical (unpaired) electrons. The van der Waals surface area contributed by atoms with Crippen molar-refractivity contribution < 1.29 is 14.6 Å². The second kappa shape index (κ2) is 7.71. The fraction of sp³-hybridized carbons (Fsp3) is 0.923. The standard InChI is InChI=1S/C13H26N2O3/c1-4-18-12(13(16)17)7-10-15(3)11-5-8-14(2)9-6-11/h11-12H,4-10H2,1-3H3,(H,16,17). The van der Waals surface area contributed by atoms with E-state index < -0.39 is 12.1 Å². The Morgan fingerprint density at radius 3 is 2.61 bits per heavy atom. The van der Waals surface area contributed by atoms with Crippen LogP contribution in [0.3, 0.4) is 0 Å². The molecule has 1 atom stereocenters. The molecule has 0 aromatic rings. The molecule has 0 aromatic heterocycles. The van der Waals surface area contributed by atoms with Gasteiger partial charge in [0.2, 0.25) is 0 Å². The second-order valence-electron chi connectivity index (χ2n) is 5.09. The molecule has 1 aliphatic heterocycles. The molecule has 1 unspecified atom stereocenters. The smallest absolute Gasteiger partial charge is 0.332 e. The molecule has 0 spiro atoms. The lowest BCUT2D eigenvalue weighted by Crippen LogP contribution is -2.43. The van der Waals surface area contributed by atoms with Crippen molar-refractivity contribution in [2.24, 2.45) is 0 Å². The van der Waals surface area contributed by atoms with E-state index in [4.69, 9.17) is 9.84 Å². The largest absolute Gasteiger partial charge is 0.479 e. The molecule has 0 bridgehead atoms. The maximum atomic E-state index is 11.0. The molecule has 106 valence electrons. The van der Waals surface area contributed by atoms with Gasteiger partial charge < -0.3 is 19.6 Å². The molecular weight excluding hydrogens is 232 g/mol. The summed E-state index contributed by atoms with van der Waals surface area (Å²) in [7, 11) is 4.23. The number of carboxylic acids is 1. The van der Waals surface area contributed by atoms with Gasteiger partial charge in [-0.15, -0.1) is 0 Å². The minimum Gasteiger partial charge on any atom is -0.479 e. The Hall–Kier alpha value is -0.650. The Morgan fingerprint density at radius 1 is 1.50 bits per heavy atom. The highest BCUT2D eigenvalue weighted by Crippen LogP contribution is 2.15. The van der Waals surface area contributed by atoms with Crippen molar-refractivity contribution >= 4 is 5.97 Å². The van der Waals surface area contributed by atoms with Gasteiger partial charge in [-0.3, -0.25) is 0 Å². The van der Waals surface area contributed by atoms with Crippen LogP contribution < -0.4 is 0 Å². The van der Waals surface area contributed by atoms with Crippen LogP contribution in [0.15, 0.2) is 0 Å². The second-order valence-corrected chi connectivity index (χ2v) is 5.09. The number of piperidine rings is 1. The van der Waals surface area contributed by atoms with Crippen LogP contribution in [0.25, 0.3) is 0 Å². The van der Waals surface area contributed by atoms with Crippen LogP contribution in [0.1, 0.15) is 26.2 Å². The van der Waals surface area contributed by atoms with Crippen molar-refractivity contribution in [1.82, 2.24) is 9.80 Å². The van der Waals surface area contributed by atoms with Crippen molar-refractivity contribution in [1.29, 1.82) is 0 Å². The zero-order valence-corrected chi connectivity index (χ0v) is 11.8. The molecule has 1 saturated heterocycles. The van der Waals surface area contributed by atoms with Gasteiger partial charge in [0.1, 0.15) is 0 Å². The van der Waals surface area contributed by atoms with Gasteiger partial charge >= 0.3 is 5.97 Å². The molecular formula is C13H26N2O3. The number of nitrogens with zero attached hydrogens (tertiary/aromatic N) is 2. The van der Waals surface area contributed by atoms with Gasteiger partial charge in [-0.05, 0) is 53.4 Å². The first kappa shape index (κ1) is 15.4. The first-order valence-corrected chi connectivity index (χ1v) is 6.77. The number of aliphatic carboxylic acids is 1. The van der Waals surface area contributed by atoms with E-state index in [2.05, 4.69) is 23.9 Å². The Kier molecular flexibility index (Phi) is 6.60. The molecule has 1 aliphatic rings. The van der Waals surface area contributed by atoms with Gasteiger partial charge in [-0.25, -0.2) is 4.79 Å². The predicted molar refractivity (Wildman–Crippen MR) is 70.8 cm³/mol. The fourth-order valence-corrected chi connectivity index (χ4v) is 2.42. The molecule has 0 saturated carbocycles. The van der Waals surface area contributed by atoms with Gasteiger partial charge in [-0.2, -0.15) is 0 Å². The summed E-state index contributed by atoms with van der Waals surface area (Å²) in [5, 5.41) is 9.01. The predicted octanol–water partition coefficient (Wildman–Crippen LogP) is 0.892. The van der Waals surface area contributed by atoms with Crippen LogP contribution in [0, 0.1) is 0 Å². The zero-order valence-electron chi connectivity index (χ0n) is 11.8. The lowest BCUT2D eigenvalue weighted by molar-refractivity contribution is -0.150. The van der Waals surface area contributed by atoms with E-state index in [1.165, 1.54) is 12.8 Å². The van der Waals surface area contributed by atoms with Crippen LogP contribution in [-0.2, 0) is 9.53 Å². The molecule has 18 heavy (non-hydrogen) atoms. The van der Waals surface area contributed by atoms with Crippen LogP contribution >= 0.6 is 0 Å². The topological polar surface area (TPSA) is 53.0 Å². The van der Waals surface area contributed by atoms with Gasteiger partial charge in [0.05, 0.1) is 0 Å². The maximum absolute atomic E-state index is 11.0. The van der Waals surface area contributed by atoms with Crippen molar-refractivity contribution in [3.05, 3.63) is 0 Å². The Balaban J connectivity index is 2.30. The van der Waals surface area contributed by atoms with Crippen molar-refractivity contribution in [2.75, 3.05) is 40.3 Å². The summed E-state index contributed by atoms with van der Waals surface area (Å²) in [5.41, 5.74) is 0. The average Bonchev–Trinajstić information content (AvgIpc) is 2.34. The van der Waals surface area contributed by atoms with E-state index in [1.807, 2.05) is 6.92 Å². The van der Waals surface area contributed by atoms with Crippen LogP contribution in [0.4, 0.5) is 0 Å². The van der Waals surface area contributed by atoms with E-state index in [-0.39, 0.29) is 0 Å². The summed E-state index contributed by atoms with van der Waals surface area (Å²) < 4.78 is 5.22. The monoisotopic (exact) mass is 258 g/mol. The van der Waals surface area contributed by atoms with Crippen LogP contribution in [-0.4, -0.2) is 73.4 Å². The Labute approximate surface area is 110 Å². The first-order valence-electron chi connectivity index (χ1n) is 6.77. The number of ether oxygens (including phenoxy) is 1. The van der Waals surface area contributed by atoms with Gasteiger partial charge in [0.15, 0.2) is 6.10 Å². The molecule has 1 fully saturated rings. The first-order chi connectivity index (χ1) is 8.54. The summed E-state index contributed by atoms with van der Waals surface area (Å²) in [6.45, 7) is 5.32. The number of carboxylic acid groups (broad SMARTS) is 1. The van der Waals surface area contributed by atoms with E-state index >= 15 is 0 Å². The molecule has 5 heteroatoms. The molecule has 0 amide bonds. The van der Waals surface area contributed by atoms with Gasteiger partial charge in [0.25, 0.3) is 0 Å². The minimum absolute atomic E-state index is 0.453. The summed E-state index contributed by atoms with van der Waals surface area (Å²) in [4.78, 5) is 15.6. The minimum atomic E-state index is -0.853. The summed E-state index contributed by atoms with van der Waals surface area (Å²) in [6.07, 6.45) is 2.23. The fourth-order valence-electron chi connectivity index (χ4n) is 2.42. The molecule has 1 heterocycles. The number of hydrogen-bond acceptors (Lipinski definition) is 4. The summed E-state index contributed by atoms with van der Waals surface area (Å²) in [5.74, 6) is -0.853. The lowest BCUT2D eigenvalue weighted by Gasteiger charge is -2.35. The van der Waals surface area contributed by atoms with E-state index in [0.717, 1.165) is 19.6 Å². The molecule has 1 rings (SSSR count). The quantitative estimate of drug-likeness (QED) is 0.735. The number of carbonyl (C=O) groups is 1. The highest BCUT2D eigenvalue weighted by molar-refractivity contribution is 5.72. The highest BCUT2D eigenvalue weighted by Gasteiger charge is 2.23. The van der Waals surface area contributed by atoms with Gasteiger partial charge in [0, 0.05) is 19.2 Å². The molecule has 1 N–H and O–H groups in total. The summed E-state index contributed by atoms with van der Waals surface area (Å²) >= 11 is 0. The van der Waals surface area contributed by atoms with Crippen molar-refractivity contribution in [3.8, 4) is 0 Å². The number of likely N-dealkylation sites (tertiary alicyclic amines) is 1. The third-order valence-corrected chi connectivity index (χ3v) is 3.70. The highest BCUT2D eigenvalue weighted by atomic mass is 16.5. The number of rotatable bonds is 7. The average molecular weight is 258 g/mol. The molecule has 5 nitrogen and oxygen atoms in total. The van der Waals surface area contributed by atoms with Crippen LogP contribution in [0.2, 0.25) is 0 Å². The number of hydrogen-bond donors (Lipinski definition) is 1. The van der Waals surface area contributed by atoms with E-state index in [9.17, 15) is 4.79 Å². The third-order valence-electron chi connectivity index (χ3n) is 3.70. The molecule has 0 aliphatic carbocycles. The molecule has 0 aromatic carbocycles. The summed E-state index contributed by atoms with van der Waals surface area (Å²) in [6, 6.07) is 0.581. The Morgan fingerprint density at radius 2 is 2.11 bits per heavy atom. The van der Waals surface area contributed by atoms with Crippen molar-refractivity contribution in [2.45, 2.75) is 38.3 Å². The SMILES string of the molecule is CCOC(CCN(C)C1CCN(C)CC1)C(=O)O. The van der Waals surface area contributed by atoms with Crippen LogP contribution in [0.5, 0.6) is 0 Å². The van der Waals surface area contributed by atoms with E-state index in [0.29, 0.717) is 19.1 Å². The zero-order chi connectivity index (χ0) is 13.5. The maximum Gasteiger partial charge on any atom is 0.332 e. The van der Waals surface area contributed by atoms with E-state index in [1.54, 1.807) is 0 Å². The third kappa shape index (κ3) is 4.92. The normalized spacial score (nSPS) is 20.2. The van der Waals surface area contributed by atoms with Gasteiger partial charge in [-0.1, -0.05) is 0 Å². The Bertz CT molecular complexity index is 253. The van der Waals surface area contributed by atoms with Crippen molar-refractivity contribution in [3.63, 3.8) is 0 Å².